The Morgan fingerprint density at radius 2 is 2.36 bits per heavy atom. The van der Waals surface area contributed by atoms with Gasteiger partial charge < -0.3 is 5.32 Å². The minimum atomic E-state index is -0.638. The van der Waals surface area contributed by atoms with E-state index in [-0.39, 0.29) is 5.91 Å². The highest BCUT2D eigenvalue weighted by atomic mass is 16.2. The van der Waals surface area contributed by atoms with E-state index in [1.54, 1.807) is 33.2 Å². The largest absolute Gasteiger partial charge is 0.335 e. The van der Waals surface area contributed by atoms with Gasteiger partial charge in [-0.3, -0.25) is 9.48 Å². The van der Waals surface area contributed by atoms with Crippen molar-refractivity contribution in [2.45, 2.75) is 19.4 Å². The van der Waals surface area contributed by atoms with Crippen LogP contribution >= 0.6 is 0 Å². The third-order valence-electron chi connectivity index (χ3n) is 1.84. The second-order valence-corrected chi connectivity index (χ2v) is 3.56. The van der Waals surface area contributed by atoms with E-state index in [4.69, 9.17) is 6.42 Å². The molecule has 1 amide bonds. The van der Waals surface area contributed by atoms with Crippen molar-refractivity contribution < 1.29 is 4.79 Å². The molecule has 14 heavy (non-hydrogen) atoms. The molecule has 1 aromatic rings. The number of nitrogens with zero attached hydrogens (tertiary/aromatic N) is 2. The Kier molecular flexibility index (Phi) is 2.61. The zero-order valence-corrected chi connectivity index (χ0v) is 8.53. The molecule has 0 saturated heterocycles. The lowest BCUT2D eigenvalue weighted by Crippen LogP contribution is -2.42. The Morgan fingerprint density at radius 3 is 2.79 bits per heavy atom. The molecule has 4 heteroatoms. The minimum absolute atomic E-state index is 0.215. The molecular weight excluding hydrogens is 178 g/mol. The van der Waals surface area contributed by atoms with Crippen LogP contribution in [0.15, 0.2) is 12.3 Å². The minimum Gasteiger partial charge on any atom is -0.335 e. The summed E-state index contributed by atoms with van der Waals surface area (Å²) >= 11 is 0. The summed E-state index contributed by atoms with van der Waals surface area (Å²) in [4.78, 5) is 11.6. The number of carbonyl (C=O) groups excluding carboxylic acids is 1. The first-order valence-corrected chi connectivity index (χ1v) is 4.24. The Labute approximate surface area is 83.3 Å². The number of hydrogen-bond acceptors (Lipinski definition) is 2. The van der Waals surface area contributed by atoms with Crippen LogP contribution in [0.5, 0.6) is 0 Å². The maximum atomic E-state index is 11.6. The van der Waals surface area contributed by atoms with E-state index in [2.05, 4.69) is 16.3 Å². The summed E-state index contributed by atoms with van der Waals surface area (Å²) in [6, 6.07) is 1.64. The van der Waals surface area contributed by atoms with Gasteiger partial charge in [-0.2, -0.15) is 5.10 Å². The van der Waals surface area contributed by atoms with Crippen LogP contribution < -0.4 is 5.32 Å². The average molecular weight is 191 g/mol. The Bertz CT molecular complexity index is 384. The van der Waals surface area contributed by atoms with E-state index in [1.807, 2.05) is 0 Å². The molecule has 0 aliphatic heterocycles. The topological polar surface area (TPSA) is 46.9 Å². The number of hydrogen-bond donors (Lipinski definition) is 1. The zero-order valence-electron chi connectivity index (χ0n) is 8.53. The van der Waals surface area contributed by atoms with Crippen molar-refractivity contribution in [2.75, 3.05) is 0 Å². The van der Waals surface area contributed by atoms with Crippen LogP contribution in [0.3, 0.4) is 0 Å². The van der Waals surface area contributed by atoms with Gasteiger partial charge in [0.1, 0.15) is 5.69 Å². The Hall–Kier alpha value is -1.76. The molecule has 0 fully saturated rings. The van der Waals surface area contributed by atoms with Gasteiger partial charge in [0.05, 0.1) is 5.54 Å². The predicted octanol–water partition coefficient (Wildman–Crippen LogP) is 0.562. The van der Waals surface area contributed by atoms with Crippen molar-refractivity contribution >= 4 is 5.91 Å². The van der Waals surface area contributed by atoms with Gasteiger partial charge in [-0.25, -0.2) is 0 Å². The first-order valence-electron chi connectivity index (χ1n) is 4.24. The van der Waals surface area contributed by atoms with E-state index >= 15 is 0 Å². The van der Waals surface area contributed by atoms with Gasteiger partial charge in [0.25, 0.3) is 5.91 Å². The van der Waals surface area contributed by atoms with Crippen LogP contribution in [0.1, 0.15) is 24.3 Å². The number of nitrogens with one attached hydrogen (secondary N) is 1. The molecule has 0 aliphatic rings. The normalized spacial score (nSPS) is 10.7. The molecule has 1 aromatic heterocycles. The lowest BCUT2D eigenvalue weighted by Gasteiger charge is -2.19. The summed E-state index contributed by atoms with van der Waals surface area (Å²) in [6.45, 7) is 3.53. The molecule has 74 valence electrons. The number of terminal acetylenes is 1. The molecule has 0 spiro atoms. The third kappa shape index (κ3) is 2.13. The van der Waals surface area contributed by atoms with E-state index in [0.717, 1.165) is 0 Å². The molecule has 0 aliphatic carbocycles. The lowest BCUT2D eigenvalue weighted by molar-refractivity contribution is 0.0920. The van der Waals surface area contributed by atoms with Crippen LogP contribution in [-0.2, 0) is 7.05 Å². The standard InChI is InChI=1S/C10H13N3O/c1-5-10(2,3)12-9(14)8-6-7-11-13(8)4/h1,6-7H,2-4H3,(H,12,14). The maximum Gasteiger partial charge on any atom is 0.270 e. The maximum absolute atomic E-state index is 11.6. The quantitative estimate of drug-likeness (QED) is 0.694. The van der Waals surface area contributed by atoms with Gasteiger partial charge in [-0.15, -0.1) is 6.42 Å². The molecule has 4 nitrogen and oxygen atoms in total. The van der Waals surface area contributed by atoms with Crippen molar-refractivity contribution in [1.82, 2.24) is 15.1 Å². The molecular formula is C10H13N3O. The van der Waals surface area contributed by atoms with Crippen molar-refractivity contribution in [3.63, 3.8) is 0 Å². The summed E-state index contributed by atoms with van der Waals surface area (Å²) in [7, 11) is 1.71. The highest BCUT2D eigenvalue weighted by Gasteiger charge is 2.19. The summed E-state index contributed by atoms with van der Waals surface area (Å²) in [5.41, 5.74) is -0.144. The van der Waals surface area contributed by atoms with Crippen molar-refractivity contribution in [3.8, 4) is 12.3 Å². The van der Waals surface area contributed by atoms with Gasteiger partial charge in [-0.05, 0) is 19.9 Å². The Balaban J connectivity index is 2.80. The van der Waals surface area contributed by atoms with Crippen molar-refractivity contribution in [3.05, 3.63) is 18.0 Å². The third-order valence-corrected chi connectivity index (χ3v) is 1.84. The van der Waals surface area contributed by atoms with Gasteiger partial charge >= 0.3 is 0 Å². The first kappa shape index (κ1) is 10.3. The first-order chi connectivity index (χ1) is 6.46. The van der Waals surface area contributed by atoms with Gasteiger partial charge in [0.15, 0.2) is 0 Å². The van der Waals surface area contributed by atoms with E-state index in [0.29, 0.717) is 5.69 Å². The molecule has 1 rings (SSSR count). The van der Waals surface area contributed by atoms with Crippen LogP contribution in [-0.4, -0.2) is 21.2 Å². The molecule has 0 atom stereocenters. The highest BCUT2D eigenvalue weighted by Crippen LogP contribution is 2.03. The van der Waals surface area contributed by atoms with E-state index in [9.17, 15) is 4.79 Å². The lowest BCUT2D eigenvalue weighted by atomic mass is 10.1. The molecule has 1 heterocycles. The average Bonchev–Trinajstić information content (AvgIpc) is 2.51. The van der Waals surface area contributed by atoms with Crippen LogP contribution in [0.2, 0.25) is 0 Å². The smallest absolute Gasteiger partial charge is 0.270 e. The number of rotatable bonds is 2. The van der Waals surface area contributed by atoms with Gasteiger partial charge in [0.2, 0.25) is 0 Å². The van der Waals surface area contributed by atoms with E-state index < -0.39 is 5.54 Å². The fourth-order valence-corrected chi connectivity index (χ4v) is 0.981. The number of carbonyl (C=O) groups is 1. The van der Waals surface area contributed by atoms with Crippen molar-refractivity contribution in [1.29, 1.82) is 0 Å². The summed E-state index contributed by atoms with van der Waals surface area (Å²) in [5.74, 6) is 2.28. The molecule has 1 N–H and O–H groups in total. The van der Waals surface area contributed by atoms with Gasteiger partial charge in [-0.1, -0.05) is 5.92 Å². The van der Waals surface area contributed by atoms with Gasteiger partial charge in [0, 0.05) is 13.2 Å². The van der Waals surface area contributed by atoms with Crippen molar-refractivity contribution in [2.24, 2.45) is 7.05 Å². The number of amides is 1. The SMILES string of the molecule is C#CC(C)(C)NC(=O)c1ccnn1C. The molecule has 0 saturated carbocycles. The second kappa shape index (κ2) is 3.54. The fraction of sp³-hybridized carbons (Fsp3) is 0.400. The van der Waals surface area contributed by atoms with Crippen LogP contribution in [0, 0.1) is 12.3 Å². The number of aromatic nitrogens is 2. The van der Waals surface area contributed by atoms with Crippen LogP contribution in [0.25, 0.3) is 0 Å². The predicted molar refractivity (Wildman–Crippen MR) is 53.6 cm³/mol. The molecule has 0 aromatic carbocycles. The summed E-state index contributed by atoms with van der Waals surface area (Å²) in [6.07, 6.45) is 6.83. The second-order valence-electron chi connectivity index (χ2n) is 3.56. The monoisotopic (exact) mass is 191 g/mol. The Morgan fingerprint density at radius 1 is 1.71 bits per heavy atom. The highest BCUT2D eigenvalue weighted by molar-refractivity contribution is 5.93. The summed E-state index contributed by atoms with van der Waals surface area (Å²) < 4.78 is 1.50. The number of aryl methyl sites for hydroxylation is 1. The fourth-order valence-electron chi connectivity index (χ4n) is 0.981. The van der Waals surface area contributed by atoms with E-state index in [1.165, 1.54) is 4.68 Å². The summed E-state index contributed by atoms with van der Waals surface area (Å²) in [5, 5.41) is 6.61. The molecule has 0 radical (unpaired) electrons. The van der Waals surface area contributed by atoms with Crippen LogP contribution in [0.4, 0.5) is 0 Å². The molecule has 0 unspecified atom stereocenters. The zero-order chi connectivity index (χ0) is 10.8. The molecule has 0 bridgehead atoms.